The molecule has 7 heteroatoms. The molecule has 2 N–H and O–H groups in total. The van der Waals surface area contributed by atoms with Gasteiger partial charge in [0.05, 0.1) is 18.3 Å². The third kappa shape index (κ3) is 3.28. The number of anilines is 1. The monoisotopic (exact) mass is 310 g/mol. The highest BCUT2D eigenvalue weighted by Crippen LogP contribution is 2.21. The fraction of sp³-hybridized carbons (Fsp3) is 0.250. The quantitative estimate of drug-likeness (QED) is 0.744. The number of carbonyl (C=O) groups excluding carboxylic acids is 1. The summed E-state index contributed by atoms with van der Waals surface area (Å²) < 4.78 is 0. The molecule has 7 nitrogen and oxygen atoms in total. The van der Waals surface area contributed by atoms with E-state index in [1.54, 1.807) is 6.20 Å². The summed E-state index contributed by atoms with van der Waals surface area (Å²) in [4.78, 5) is 22.5. The van der Waals surface area contributed by atoms with Crippen molar-refractivity contribution in [3.05, 3.63) is 48.0 Å². The summed E-state index contributed by atoms with van der Waals surface area (Å²) in [5.74, 6) is 0.668. The minimum atomic E-state index is -0.0733. The van der Waals surface area contributed by atoms with Gasteiger partial charge in [0.1, 0.15) is 12.1 Å². The summed E-state index contributed by atoms with van der Waals surface area (Å²) in [6.07, 6.45) is 3.23. The number of hydrogen-bond acceptors (Lipinski definition) is 5. The Morgan fingerprint density at radius 1 is 1.30 bits per heavy atom. The zero-order chi connectivity index (χ0) is 16.2. The van der Waals surface area contributed by atoms with Crippen molar-refractivity contribution in [3.63, 3.8) is 0 Å². The molecular formula is C16H18N6O. The molecule has 0 spiro atoms. The van der Waals surface area contributed by atoms with Crippen molar-refractivity contribution in [3.8, 4) is 0 Å². The highest BCUT2D eigenvalue weighted by atomic mass is 16.2. The Morgan fingerprint density at radius 2 is 2.13 bits per heavy atom. The Morgan fingerprint density at radius 3 is 2.91 bits per heavy atom. The third-order valence-electron chi connectivity index (χ3n) is 3.67. The molecule has 0 unspecified atom stereocenters. The molecule has 2 heterocycles. The van der Waals surface area contributed by atoms with Crippen LogP contribution in [0.15, 0.2) is 36.8 Å². The molecule has 0 fully saturated rings. The van der Waals surface area contributed by atoms with Gasteiger partial charge in [-0.1, -0.05) is 12.1 Å². The predicted molar refractivity (Wildman–Crippen MR) is 88.0 cm³/mol. The van der Waals surface area contributed by atoms with Crippen LogP contribution in [-0.2, 0) is 11.3 Å². The summed E-state index contributed by atoms with van der Waals surface area (Å²) in [6, 6.07) is 7.74. The number of rotatable bonds is 5. The molecule has 0 aliphatic heterocycles. The first-order valence-corrected chi connectivity index (χ1v) is 7.31. The van der Waals surface area contributed by atoms with E-state index in [1.807, 2.05) is 43.1 Å². The van der Waals surface area contributed by atoms with Gasteiger partial charge in [-0.2, -0.15) is 5.10 Å². The molecule has 118 valence electrons. The number of fused-ring (bicyclic) bond motifs is 1. The number of benzene rings is 1. The first-order chi connectivity index (χ1) is 11.1. The Hall–Kier alpha value is -2.96. The lowest BCUT2D eigenvalue weighted by molar-refractivity contribution is -0.119. The Kier molecular flexibility index (Phi) is 4.18. The molecule has 3 rings (SSSR count). The van der Waals surface area contributed by atoms with Crippen LogP contribution in [-0.4, -0.2) is 39.7 Å². The van der Waals surface area contributed by atoms with Crippen LogP contribution in [0.2, 0.25) is 0 Å². The van der Waals surface area contributed by atoms with Crippen LogP contribution < -0.4 is 10.2 Å². The minimum absolute atomic E-state index is 0.0733. The van der Waals surface area contributed by atoms with E-state index in [0.717, 1.165) is 28.0 Å². The maximum Gasteiger partial charge on any atom is 0.239 e. The first-order valence-electron chi connectivity index (χ1n) is 7.31. The summed E-state index contributed by atoms with van der Waals surface area (Å²) in [5, 5.41) is 10.6. The number of aryl methyl sites for hydroxylation is 1. The number of nitrogens with one attached hydrogen (secondary N) is 2. The van der Waals surface area contributed by atoms with Crippen molar-refractivity contribution in [1.82, 2.24) is 25.5 Å². The molecule has 0 saturated carbocycles. The molecular weight excluding hydrogens is 292 g/mol. The molecule has 0 saturated heterocycles. The van der Waals surface area contributed by atoms with Crippen LogP contribution >= 0.6 is 0 Å². The van der Waals surface area contributed by atoms with Gasteiger partial charge in [-0.05, 0) is 19.1 Å². The van der Waals surface area contributed by atoms with Gasteiger partial charge in [0.25, 0.3) is 0 Å². The fourth-order valence-corrected chi connectivity index (χ4v) is 2.39. The highest BCUT2D eigenvalue weighted by Gasteiger charge is 2.12. The summed E-state index contributed by atoms with van der Waals surface area (Å²) in [7, 11) is 1.84. The van der Waals surface area contributed by atoms with E-state index in [0.29, 0.717) is 6.54 Å². The standard InChI is InChI=1S/C16H18N6O/c1-11-12(8-20-21-11)7-17-15(23)9-22(2)16-13-5-3-4-6-14(13)18-10-19-16/h3-6,8,10H,7,9H2,1-2H3,(H,17,23)(H,20,21). The smallest absolute Gasteiger partial charge is 0.239 e. The SMILES string of the molecule is Cc1[nH]ncc1CNC(=O)CN(C)c1ncnc2ccccc12. The van der Waals surface area contributed by atoms with Gasteiger partial charge in [0.2, 0.25) is 5.91 Å². The lowest BCUT2D eigenvalue weighted by atomic mass is 10.2. The number of hydrogen-bond donors (Lipinski definition) is 2. The lowest BCUT2D eigenvalue weighted by Gasteiger charge is -2.19. The number of H-pyrrole nitrogens is 1. The van der Waals surface area contributed by atoms with Crippen molar-refractivity contribution in [2.75, 3.05) is 18.5 Å². The Labute approximate surface area is 133 Å². The summed E-state index contributed by atoms with van der Waals surface area (Å²) in [5.41, 5.74) is 2.80. The maximum atomic E-state index is 12.1. The number of amides is 1. The number of likely N-dealkylation sites (N-methyl/N-ethyl adjacent to an activating group) is 1. The van der Waals surface area contributed by atoms with Crippen molar-refractivity contribution in [2.45, 2.75) is 13.5 Å². The lowest BCUT2D eigenvalue weighted by Crippen LogP contribution is -2.35. The second-order valence-electron chi connectivity index (χ2n) is 5.37. The topological polar surface area (TPSA) is 86.8 Å². The van der Waals surface area contributed by atoms with Crippen LogP contribution in [0.1, 0.15) is 11.3 Å². The normalized spacial score (nSPS) is 10.7. The van der Waals surface area contributed by atoms with Gasteiger partial charge >= 0.3 is 0 Å². The third-order valence-corrected chi connectivity index (χ3v) is 3.67. The molecule has 0 aliphatic rings. The molecule has 0 bridgehead atoms. The zero-order valence-electron chi connectivity index (χ0n) is 13.1. The van der Waals surface area contributed by atoms with Gasteiger partial charge in [0, 0.05) is 30.2 Å². The van der Waals surface area contributed by atoms with Gasteiger partial charge < -0.3 is 10.2 Å². The number of para-hydroxylation sites is 1. The van der Waals surface area contributed by atoms with Crippen molar-refractivity contribution < 1.29 is 4.79 Å². The van der Waals surface area contributed by atoms with E-state index in [4.69, 9.17) is 0 Å². The van der Waals surface area contributed by atoms with Crippen LogP contribution in [0.25, 0.3) is 10.9 Å². The summed E-state index contributed by atoms with van der Waals surface area (Å²) in [6.45, 7) is 2.60. The number of aromatic amines is 1. The van der Waals surface area contributed by atoms with E-state index in [2.05, 4.69) is 25.5 Å². The second kappa shape index (κ2) is 6.43. The van der Waals surface area contributed by atoms with E-state index in [1.165, 1.54) is 6.33 Å². The molecule has 0 atom stereocenters. The van der Waals surface area contributed by atoms with E-state index < -0.39 is 0 Å². The van der Waals surface area contributed by atoms with Crippen LogP contribution in [0.5, 0.6) is 0 Å². The molecule has 0 aliphatic carbocycles. The van der Waals surface area contributed by atoms with E-state index in [9.17, 15) is 4.79 Å². The van der Waals surface area contributed by atoms with Crippen LogP contribution in [0.3, 0.4) is 0 Å². The second-order valence-corrected chi connectivity index (χ2v) is 5.37. The average Bonchev–Trinajstić information content (AvgIpc) is 2.97. The molecule has 1 amide bonds. The maximum absolute atomic E-state index is 12.1. The van der Waals surface area contributed by atoms with Gasteiger partial charge in [-0.3, -0.25) is 9.89 Å². The predicted octanol–water partition coefficient (Wildman–Crippen LogP) is 1.41. The average molecular weight is 310 g/mol. The molecule has 3 aromatic rings. The van der Waals surface area contributed by atoms with Crippen molar-refractivity contribution >= 4 is 22.6 Å². The van der Waals surface area contributed by atoms with Gasteiger partial charge in [-0.25, -0.2) is 9.97 Å². The van der Waals surface area contributed by atoms with Crippen molar-refractivity contribution in [1.29, 1.82) is 0 Å². The Bertz CT molecular complexity index is 823. The molecule has 2 aromatic heterocycles. The molecule has 1 aromatic carbocycles. The highest BCUT2D eigenvalue weighted by molar-refractivity contribution is 5.91. The van der Waals surface area contributed by atoms with Crippen LogP contribution in [0.4, 0.5) is 5.82 Å². The number of nitrogens with zero attached hydrogens (tertiary/aromatic N) is 4. The fourth-order valence-electron chi connectivity index (χ4n) is 2.39. The number of carbonyl (C=O) groups is 1. The minimum Gasteiger partial charge on any atom is -0.350 e. The molecule has 23 heavy (non-hydrogen) atoms. The van der Waals surface area contributed by atoms with Gasteiger partial charge in [0.15, 0.2) is 0 Å². The van der Waals surface area contributed by atoms with Crippen molar-refractivity contribution in [2.24, 2.45) is 0 Å². The summed E-state index contributed by atoms with van der Waals surface area (Å²) >= 11 is 0. The Balaban J connectivity index is 1.67. The van der Waals surface area contributed by atoms with E-state index in [-0.39, 0.29) is 12.5 Å². The zero-order valence-corrected chi connectivity index (χ0v) is 13.1. The van der Waals surface area contributed by atoms with Crippen LogP contribution in [0, 0.1) is 6.92 Å². The van der Waals surface area contributed by atoms with E-state index >= 15 is 0 Å². The largest absolute Gasteiger partial charge is 0.350 e. The molecule has 0 radical (unpaired) electrons. The first kappa shape index (κ1) is 15.0. The van der Waals surface area contributed by atoms with Gasteiger partial charge in [-0.15, -0.1) is 0 Å². The number of aromatic nitrogens is 4.